The van der Waals surface area contributed by atoms with Crippen LogP contribution < -0.4 is 0 Å². The van der Waals surface area contributed by atoms with Gasteiger partial charge >= 0.3 is 0 Å². The van der Waals surface area contributed by atoms with Gasteiger partial charge < -0.3 is 0 Å². The highest BCUT2D eigenvalue weighted by atomic mass is 32.1. The molecule has 0 aliphatic heterocycles. The number of hydrogen-bond donors (Lipinski definition) is 0. The lowest BCUT2D eigenvalue weighted by atomic mass is 10.0. The van der Waals surface area contributed by atoms with Crippen molar-refractivity contribution in [3.8, 4) is 28.2 Å². The summed E-state index contributed by atoms with van der Waals surface area (Å²) in [6, 6.07) is 45.3. The maximum absolute atomic E-state index is 5.15. The van der Waals surface area contributed by atoms with Crippen LogP contribution in [0.4, 0.5) is 0 Å². The number of imidazole rings is 1. The van der Waals surface area contributed by atoms with Crippen molar-refractivity contribution < 1.29 is 0 Å². The number of benzene rings is 5. The number of fused-ring (bicyclic) bond motifs is 2. The molecule has 5 aromatic carbocycles. The zero-order valence-corrected chi connectivity index (χ0v) is 21.0. The molecule has 176 valence electrons. The zero-order chi connectivity index (χ0) is 24.6. The number of para-hydroxylation sites is 2. The van der Waals surface area contributed by atoms with E-state index in [9.17, 15) is 0 Å². The van der Waals surface area contributed by atoms with Gasteiger partial charge in [0, 0.05) is 26.7 Å². The van der Waals surface area contributed by atoms with Crippen molar-refractivity contribution in [2.45, 2.75) is 6.42 Å². The first-order valence-electron chi connectivity index (χ1n) is 12.5. The first-order valence-corrected chi connectivity index (χ1v) is 13.4. The van der Waals surface area contributed by atoms with Crippen LogP contribution >= 0.6 is 11.3 Å². The molecule has 0 amide bonds. The largest absolute Gasteiger partial charge is 0.292 e. The molecule has 2 heterocycles. The molecule has 0 saturated carbocycles. The van der Waals surface area contributed by atoms with Crippen LogP contribution in [-0.4, -0.2) is 9.55 Å². The third kappa shape index (κ3) is 4.04. The first-order chi connectivity index (χ1) is 18.3. The van der Waals surface area contributed by atoms with Gasteiger partial charge in [0.25, 0.3) is 0 Å². The quantitative estimate of drug-likeness (QED) is 0.234. The summed E-state index contributed by atoms with van der Waals surface area (Å²) < 4.78 is 3.58. The zero-order valence-electron chi connectivity index (χ0n) is 20.2. The maximum atomic E-state index is 5.15. The van der Waals surface area contributed by atoms with E-state index in [1.807, 2.05) is 0 Å². The van der Waals surface area contributed by atoms with E-state index in [2.05, 4.69) is 137 Å². The number of nitrogens with zero attached hydrogens (tertiary/aromatic N) is 2. The lowest BCUT2D eigenvalue weighted by Gasteiger charge is -2.11. The number of rotatable bonds is 5. The molecule has 7 aromatic rings. The summed E-state index contributed by atoms with van der Waals surface area (Å²) in [5, 5.41) is 3.52. The summed E-state index contributed by atoms with van der Waals surface area (Å²) in [6.45, 7) is 0. The van der Waals surface area contributed by atoms with Gasteiger partial charge in [-0.3, -0.25) is 4.57 Å². The molecule has 0 aliphatic rings. The van der Waals surface area contributed by atoms with Crippen LogP contribution in [0.2, 0.25) is 0 Å². The Morgan fingerprint density at radius 1 is 0.622 bits per heavy atom. The molecular formula is C34H24N2S. The van der Waals surface area contributed by atoms with E-state index in [0.717, 1.165) is 29.0 Å². The standard InChI is InChI=1S/C34H24N2S/c1-3-9-24(10-4-1)21-25-15-20-33-29(22-25)30(23-37-33)34-35-31-13-7-8-14-32(31)36(34)28-18-16-27(17-19-28)26-11-5-2-6-12-26/h1-20,22-23H,21H2. The van der Waals surface area contributed by atoms with Crippen LogP contribution in [0.1, 0.15) is 11.1 Å². The second-order valence-electron chi connectivity index (χ2n) is 9.31. The summed E-state index contributed by atoms with van der Waals surface area (Å²) in [7, 11) is 0. The van der Waals surface area contributed by atoms with Crippen molar-refractivity contribution in [2.24, 2.45) is 0 Å². The molecule has 2 aromatic heterocycles. The van der Waals surface area contributed by atoms with Crippen LogP contribution in [0.3, 0.4) is 0 Å². The molecule has 37 heavy (non-hydrogen) atoms. The summed E-state index contributed by atoms with van der Waals surface area (Å²) in [4.78, 5) is 5.15. The molecule has 0 N–H and O–H groups in total. The average molecular weight is 493 g/mol. The van der Waals surface area contributed by atoms with E-state index >= 15 is 0 Å². The number of hydrogen-bond acceptors (Lipinski definition) is 2. The van der Waals surface area contributed by atoms with Crippen molar-refractivity contribution in [1.82, 2.24) is 9.55 Å². The Balaban J connectivity index is 1.36. The molecule has 3 heteroatoms. The highest BCUT2D eigenvalue weighted by Gasteiger charge is 2.18. The first kappa shape index (κ1) is 21.8. The van der Waals surface area contributed by atoms with Crippen LogP contribution in [0.25, 0.3) is 49.3 Å². The van der Waals surface area contributed by atoms with Gasteiger partial charge in [-0.05, 0) is 65.1 Å². The topological polar surface area (TPSA) is 17.8 Å². The molecule has 0 unspecified atom stereocenters. The molecule has 0 atom stereocenters. The second-order valence-corrected chi connectivity index (χ2v) is 10.2. The molecule has 7 rings (SSSR count). The Morgan fingerprint density at radius 2 is 1.32 bits per heavy atom. The third-order valence-electron chi connectivity index (χ3n) is 6.92. The van der Waals surface area contributed by atoms with E-state index in [4.69, 9.17) is 4.98 Å². The van der Waals surface area contributed by atoms with Gasteiger partial charge in [0.1, 0.15) is 5.82 Å². The smallest absolute Gasteiger partial charge is 0.147 e. The highest BCUT2D eigenvalue weighted by Crippen LogP contribution is 2.37. The van der Waals surface area contributed by atoms with Crippen LogP contribution in [0, 0.1) is 0 Å². The maximum Gasteiger partial charge on any atom is 0.147 e. The van der Waals surface area contributed by atoms with Crippen molar-refractivity contribution >= 4 is 32.5 Å². The van der Waals surface area contributed by atoms with Gasteiger partial charge in [-0.15, -0.1) is 11.3 Å². The monoisotopic (exact) mass is 492 g/mol. The number of thiophene rings is 1. The molecule has 0 radical (unpaired) electrons. The second kappa shape index (κ2) is 9.20. The molecule has 0 fully saturated rings. The van der Waals surface area contributed by atoms with Crippen molar-refractivity contribution in [3.63, 3.8) is 0 Å². The van der Waals surface area contributed by atoms with Crippen molar-refractivity contribution in [3.05, 3.63) is 144 Å². The lowest BCUT2D eigenvalue weighted by Crippen LogP contribution is -1.97. The van der Waals surface area contributed by atoms with Crippen LogP contribution in [0.15, 0.2) is 133 Å². The Morgan fingerprint density at radius 3 is 2.14 bits per heavy atom. The fourth-order valence-corrected chi connectivity index (χ4v) is 6.01. The minimum Gasteiger partial charge on any atom is -0.292 e. The predicted octanol–water partition coefficient (Wildman–Crippen LogP) is 9.16. The van der Waals surface area contributed by atoms with Gasteiger partial charge in [0.05, 0.1) is 11.0 Å². The van der Waals surface area contributed by atoms with E-state index in [0.29, 0.717) is 0 Å². The SMILES string of the molecule is c1ccc(Cc2ccc3scc(-c4nc5ccccc5n4-c4ccc(-c5ccccc5)cc4)c3c2)cc1. The Hall–Kier alpha value is -4.47. The average Bonchev–Trinajstić information content (AvgIpc) is 3.55. The van der Waals surface area contributed by atoms with Gasteiger partial charge in [0.15, 0.2) is 0 Å². The Kier molecular flexibility index (Phi) is 5.41. The van der Waals surface area contributed by atoms with Crippen LogP contribution in [0.5, 0.6) is 0 Å². The highest BCUT2D eigenvalue weighted by molar-refractivity contribution is 7.17. The summed E-state index contributed by atoms with van der Waals surface area (Å²) in [5.41, 5.74) is 9.48. The molecule has 0 aliphatic carbocycles. The van der Waals surface area contributed by atoms with Gasteiger partial charge in [-0.2, -0.15) is 0 Å². The van der Waals surface area contributed by atoms with Crippen LogP contribution in [-0.2, 0) is 6.42 Å². The molecule has 0 saturated heterocycles. The Labute approximate surface area is 220 Å². The minimum atomic E-state index is 0.920. The molecule has 0 bridgehead atoms. The van der Waals surface area contributed by atoms with Crippen molar-refractivity contribution in [1.29, 1.82) is 0 Å². The van der Waals surface area contributed by atoms with Gasteiger partial charge in [-0.25, -0.2) is 4.98 Å². The predicted molar refractivity (Wildman–Crippen MR) is 157 cm³/mol. The van der Waals surface area contributed by atoms with Gasteiger partial charge in [-0.1, -0.05) is 91.0 Å². The fourth-order valence-electron chi connectivity index (χ4n) is 5.09. The molecule has 2 nitrogen and oxygen atoms in total. The Bertz CT molecular complexity index is 1830. The third-order valence-corrected chi connectivity index (χ3v) is 7.89. The molecular weight excluding hydrogens is 468 g/mol. The minimum absolute atomic E-state index is 0.920. The van der Waals surface area contributed by atoms with E-state index in [1.165, 1.54) is 37.9 Å². The van der Waals surface area contributed by atoms with Gasteiger partial charge in [0.2, 0.25) is 0 Å². The van der Waals surface area contributed by atoms with Crippen molar-refractivity contribution in [2.75, 3.05) is 0 Å². The fraction of sp³-hybridized carbons (Fsp3) is 0.0294. The summed E-state index contributed by atoms with van der Waals surface area (Å²) in [6.07, 6.45) is 0.920. The van der Waals surface area contributed by atoms with E-state index < -0.39 is 0 Å². The van der Waals surface area contributed by atoms with E-state index in [1.54, 1.807) is 11.3 Å². The number of aromatic nitrogens is 2. The summed E-state index contributed by atoms with van der Waals surface area (Å²) in [5.74, 6) is 0.983. The van der Waals surface area contributed by atoms with E-state index in [-0.39, 0.29) is 0 Å². The molecule has 0 spiro atoms. The lowest BCUT2D eigenvalue weighted by molar-refractivity contribution is 1.11. The normalized spacial score (nSPS) is 11.4. The summed E-state index contributed by atoms with van der Waals surface area (Å²) >= 11 is 1.78.